The Labute approximate surface area is 487 Å². The van der Waals surface area contributed by atoms with E-state index in [1.165, 1.54) is 26.3 Å². The second-order valence-corrected chi connectivity index (χ2v) is 26.7. The largest absolute Gasteiger partial charge is 0.394 e. The molecule has 27 nitrogen and oxygen atoms in total. The second-order valence-electron chi connectivity index (χ2n) is 26.7. The van der Waals surface area contributed by atoms with Gasteiger partial charge in [-0.2, -0.15) is 0 Å². The van der Waals surface area contributed by atoms with Gasteiger partial charge < -0.3 is 134 Å². The molecule has 84 heavy (non-hydrogen) atoms. The van der Waals surface area contributed by atoms with Crippen LogP contribution in [0.1, 0.15) is 106 Å². The van der Waals surface area contributed by atoms with Gasteiger partial charge in [0, 0.05) is 17.8 Å². The summed E-state index contributed by atoms with van der Waals surface area (Å²) in [6.07, 6.45) is -31.7. The summed E-state index contributed by atoms with van der Waals surface area (Å²) in [5.74, 6) is -2.01. The average molecular weight is 1210 g/mol. The van der Waals surface area contributed by atoms with Crippen molar-refractivity contribution in [2.24, 2.45) is 40.4 Å². The summed E-state index contributed by atoms with van der Waals surface area (Å²) in [7, 11) is 0. The fourth-order valence-corrected chi connectivity index (χ4v) is 16.3. The van der Waals surface area contributed by atoms with Crippen molar-refractivity contribution in [2.75, 3.05) is 19.8 Å². The zero-order valence-electron chi connectivity index (χ0n) is 48.7. The van der Waals surface area contributed by atoms with E-state index in [9.17, 15) is 81.7 Å². The lowest BCUT2D eigenvalue weighted by Crippen LogP contribution is -2.67. The number of aliphatic hydroxyl groups is 16. The van der Waals surface area contributed by atoms with Gasteiger partial charge >= 0.3 is 0 Å². The monoisotopic (exact) mass is 1210 g/mol. The summed E-state index contributed by atoms with van der Waals surface area (Å²) in [5.41, 5.74) is -1.04. The van der Waals surface area contributed by atoms with Crippen molar-refractivity contribution < 1.29 is 134 Å². The second kappa shape index (κ2) is 25.0. The highest BCUT2D eigenvalue weighted by Gasteiger charge is 2.75. The minimum atomic E-state index is -1.90. The molecule has 6 aliphatic heterocycles. The molecule has 0 aromatic rings. The predicted octanol–water partition coefficient (Wildman–Crippen LogP) is -4.01. The lowest BCUT2D eigenvalue weighted by molar-refractivity contribution is -0.394. The number of fused-ring (bicyclic) bond motifs is 7. The Hall–Kier alpha value is -1.34. The molecule has 0 bridgehead atoms. The van der Waals surface area contributed by atoms with E-state index in [0.29, 0.717) is 44.9 Å². The third kappa shape index (κ3) is 11.3. The number of ether oxygens (including phenoxy) is 11. The quantitative estimate of drug-likeness (QED) is 0.0655. The van der Waals surface area contributed by atoms with Crippen LogP contribution in [0.2, 0.25) is 0 Å². The Kier molecular flexibility index (Phi) is 19.6. The van der Waals surface area contributed by atoms with Crippen molar-refractivity contribution in [3.8, 4) is 0 Å². The molecule has 0 aromatic heterocycles. The molecule has 10 aliphatic rings. The molecule has 3 saturated carbocycles. The van der Waals surface area contributed by atoms with E-state index >= 15 is 0 Å². The highest BCUT2D eigenvalue weighted by molar-refractivity contribution is 5.29. The number of aliphatic hydroxyl groups excluding tert-OH is 14. The van der Waals surface area contributed by atoms with Gasteiger partial charge in [-0.05, 0) is 101 Å². The third-order valence-electron chi connectivity index (χ3n) is 21.8. The normalized spacial score (nSPS) is 56.2. The van der Waals surface area contributed by atoms with Crippen LogP contribution in [0, 0.1) is 40.4 Å². The Morgan fingerprint density at radius 3 is 1.73 bits per heavy atom. The maximum Gasteiger partial charge on any atom is 0.187 e. The van der Waals surface area contributed by atoms with E-state index in [-0.39, 0.29) is 42.1 Å². The summed E-state index contributed by atoms with van der Waals surface area (Å²) < 4.78 is 66.4. The zero-order valence-corrected chi connectivity index (χ0v) is 48.7. The van der Waals surface area contributed by atoms with Gasteiger partial charge in [0.2, 0.25) is 0 Å². The first kappa shape index (κ1) is 65.6. The van der Waals surface area contributed by atoms with Crippen molar-refractivity contribution in [2.45, 2.75) is 283 Å². The molecule has 484 valence electrons. The molecule has 16 N–H and O–H groups in total. The van der Waals surface area contributed by atoms with Crippen LogP contribution in [0.5, 0.6) is 0 Å². The average Bonchev–Trinajstić information content (AvgIpc) is 1.71. The van der Waals surface area contributed by atoms with Crippen LogP contribution >= 0.6 is 0 Å². The fourth-order valence-electron chi connectivity index (χ4n) is 16.3. The van der Waals surface area contributed by atoms with E-state index in [4.69, 9.17) is 52.1 Å². The first-order valence-electron chi connectivity index (χ1n) is 30.2. The topological polar surface area (TPSA) is 425 Å². The highest BCUT2D eigenvalue weighted by atomic mass is 16.8. The van der Waals surface area contributed by atoms with Crippen LogP contribution in [0.15, 0.2) is 11.6 Å². The molecule has 6 saturated heterocycles. The maximum atomic E-state index is 13.0. The van der Waals surface area contributed by atoms with Gasteiger partial charge in [-0.3, -0.25) is 0 Å². The number of allylic oxidation sites excluding steroid dienone is 1. The Bertz CT molecular complexity index is 2250. The first-order chi connectivity index (χ1) is 39.5. The van der Waals surface area contributed by atoms with Gasteiger partial charge in [0.1, 0.15) is 109 Å². The van der Waals surface area contributed by atoms with E-state index in [2.05, 4.69) is 19.9 Å². The highest BCUT2D eigenvalue weighted by Crippen LogP contribution is 2.71. The summed E-state index contributed by atoms with van der Waals surface area (Å²) >= 11 is 0. The number of hydrogen-bond donors (Lipinski definition) is 16. The lowest BCUT2D eigenvalue weighted by Gasteiger charge is -2.59. The maximum absolute atomic E-state index is 13.0. The number of hydrogen-bond acceptors (Lipinski definition) is 27. The fraction of sp³-hybridized carbons (Fsp3) is 0.965. The number of rotatable bonds is 16. The molecule has 27 heteroatoms. The van der Waals surface area contributed by atoms with Crippen molar-refractivity contribution in [1.29, 1.82) is 0 Å². The van der Waals surface area contributed by atoms with Crippen molar-refractivity contribution in [3.63, 3.8) is 0 Å². The molecule has 0 radical (unpaired) electrons. The van der Waals surface area contributed by atoms with Gasteiger partial charge in [0.05, 0.1) is 50.3 Å². The van der Waals surface area contributed by atoms with Gasteiger partial charge in [0.15, 0.2) is 37.2 Å². The standard InChI is InChI=1S/C57H94O27/c1-21(20-74-49-41(67)39(65)36(62)31(18-58)79-49)10-15-56(72)25(5)57(73)33(84-56)17-30-28-9-8-26-16-27(11-13-54(26,6)29(28)12-14-55(30,57)7)78-53-48(83-51-43(69)38(64)35(61)23(3)76-51)45(71)47(32(19-59)80-53)82-52-44(70)40(66)46(24(4)77-52)81-50-42(68)37(63)34(60)22(2)75-50/h8,21-25,27-53,58-73H,9-20H2,1-7H3/t21?,22-,23-,24-,25+,27-,28+,29-,30-,31+,32+,33-,34-,35-,36+,37+,38+,39-,40-,41+,42+,43+,44+,45-,46-,47+,48+,49+,50-,51-,52-,53+,54-,55-,56+,57+/m0/s1. The molecule has 0 amide bonds. The van der Waals surface area contributed by atoms with Gasteiger partial charge in [-0.25, -0.2) is 0 Å². The van der Waals surface area contributed by atoms with Crippen LogP contribution in [0.25, 0.3) is 0 Å². The van der Waals surface area contributed by atoms with Crippen LogP contribution in [-0.2, 0) is 52.1 Å². The van der Waals surface area contributed by atoms with E-state index in [1.807, 2.05) is 13.8 Å². The Morgan fingerprint density at radius 1 is 0.560 bits per heavy atom. The van der Waals surface area contributed by atoms with Crippen LogP contribution in [0.4, 0.5) is 0 Å². The molecule has 36 atom stereocenters. The summed E-state index contributed by atoms with van der Waals surface area (Å²) in [5, 5.41) is 175. The van der Waals surface area contributed by atoms with Crippen molar-refractivity contribution in [1.82, 2.24) is 0 Å². The molecule has 1 unspecified atom stereocenters. The first-order valence-corrected chi connectivity index (χ1v) is 30.2. The van der Waals surface area contributed by atoms with Gasteiger partial charge in [-0.1, -0.05) is 39.3 Å². The molecule has 0 spiro atoms. The summed E-state index contributed by atoms with van der Waals surface area (Å²) in [6.45, 7) is 11.2. The molecule has 0 aromatic carbocycles. The van der Waals surface area contributed by atoms with E-state index in [1.54, 1.807) is 0 Å². The van der Waals surface area contributed by atoms with Gasteiger partial charge in [0.25, 0.3) is 0 Å². The zero-order chi connectivity index (χ0) is 61.0. The summed E-state index contributed by atoms with van der Waals surface area (Å²) in [6, 6.07) is 0. The Balaban J connectivity index is 0.795. The van der Waals surface area contributed by atoms with Crippen molar-refractivity contribution in [3.05, 3.63) is 11.6 Å². The van der Waals surface area contributed by atoms with Crippen LogP contribution in [-0.4, -0.2) is 279 Å². The summed E-state index contributed by atoms with van der Waals surface area (Å²) in [4.78, 5) is 0. The van der Waals surface area contributed by atoms with Crippen molar-refractivity contribution >= 4 is 0 Å². The van der Waals surface area contributed by atoms with Gasteiger partial charge in [-0.15, -0.1) is 0 Å². The molecule has 6 heterocycles. The molecule has 4 aliphatic carbocycles. The van der Waals surface area contributed by atoms with Crippen LogP contribution in [0.3, 0.4) is 0 Å². The van der Waals surface area contributed by atoms with E-state index in [0.717, 1.165) is 6.42 Å². The molecular weight excluding hydrogens is 1120 g/mol. The minimum absolute atomic E-state index is 0.0642. The molecular formula is C57H94O27. The smallest absolute Gasteiger partial charge is 0.187 e. The Morgan fingerprint density at radius 2 is 1.11 bits per heavy atom. The van der Waals surface area contributed by atoms with E-state index < -0.39 is 202 Å². The SMILES string of the molecule is CC(CC[C@@]1(O)O[C@H]2C[C@H]3[C@@H]4CC=C5C[C@@H](O[C@@H]6O[C@H](CO)[C@@H](O[C@@H]7O[C@@H](C)[C@H](O[C@@H]8O[C@@H](C)[C@H](O)[C@@H](O)[C@H]8O)[C@@H](O)[C@H]7O)[C@H](O)[C@H]6O[C@@H]6O[C@@H](C)[C@H](O)[C@@H](O)[C@H]6O)CC[C@]5(C)[C@H]4CC[C@]3(C)[C@@]2(O)[C@@H]1C)CO[C@@H]1O[C@H](CO)[C@@H](O)[C@H](O)[C@H]1O. The minimum Gasteiger partial charge on any atom is -0.394 e. The lowest BCUT2D eigenvalue weighted by atomic mass is 9.46. The predicted molar refractivity (Wildman–Crippen MR) is 281 cm³/mol. The molecule has 9 fully saturated rings. The third-order valence-corrected chi connectivity index (χ3v) is 21.8. The van der Waals surface area contributed by atoms with Crippen LogP contribution < -0.4 is 0 Å². The molecule has 10 rings (SSSR count).